The quantitative estimate of drug-likeness (QED) is 0.543. The van der Waals surface area contributed by atoms with Crippen LogP contribution in [0.15, 0.2) is 30.3 Å². The molecule has 0 atom stereocenters. The Hall–Kier alpha value is -1.31. The van der Waals surface area contributed by atoms with Crippen LogP contribution >= 0.6 is 0 Å². The number of hydrogen-bond acceptors (Lipinski definition) is 1. The lowest BCUT2D eigenvalue weighted by Gasteiger charge is -2.24. The monoisotopic (exact) mass is 176 g/mol. The van der Waals surface area contributed by atoms with Crippen molar-refractivity contribution in [3.8, 4) is 0 Å². The molecule has 13 heavy (non-hydrogen) atoms. The number of nitrogens with zero attached hydrogens (tertiary/aromatic N) is 1. The van der Waals surface area contributed by atoms with Gasteiger partial charge in [-0.1, -0.05) is 30.3 Å². The Labute approximate surface area is 79.7 Å². The zero-order valence-electron chi connectivity index (χ0n) is 8.41. The van der Waals surface area contributed by atoms with Crippen LogP contribution in [-0.4, -0.2) is 23.8 Å². The lowest BCUT2D eigenvalue weighted by molar-refractivity contribution is 0.416. The van der Waals surface area contributed by atoms with E-state index in [-0.39, 0.29) is 0 Å². The summed E-state index contributed by atoms with van der Waals surface area (Å²) in [6.45, 7) is 4.16. The van der Waals surface area contributed by atoms with Crippen molar-refractivity contribution in [3.05, 3.63) is 35.9 Å². The number of rotatable bonds is 2. The first-order chi connectivity index (χ1) is 6.13. The summed E-state index contributed by atoms with van der Waals surface area (Å²) >= 11 is 0. The molecule has 0 aliphatic carbocycles. The highest BCUT2D eigenvalue weighted by atomic mass is 15.2. The molecule has 0 radical (unpaired) electrons. The SMILES string of the molecule is CC(C)N(C)C(=N)c1ccccc1. The van der Waals surface area contributed by atoms with Gasteiger partial charge in [-0.05, 0) is 13.8 Å². The second-order valence-corrected chi connectivity index (χ2v) is 3.42. The molecule has 0 saturated carbocycles. The van der Waals surface area contributed by atoms with Crippen molar-refractivity contribution < 1.29 is 0 Å². The maximum absolute atomic E-state index is 7.89. The first-order valence-corrected chi connectivity index (χ1v) is 4.49. The molecule has 0 saturated heterocycles. The summed E-state index contributed by atoms with van der Waals surface area (Å²) in [4.78, 5) is 1.95. The first-order valence-electron chi connectivity index (χ1n) is 4.49. The summed E-state index contributed by atoms with van der Waals surface area (Å²) in [5, 5.41) is 7.89. The average molecular weight is 176 g/mol. The Morgan fingerprint density at radius 3 is 2.23 bits per heavy atom. The molecule has 0 spiro atoms. The van der Waals surface area contributed by atoms with Gasteiger partial charge in [0.25, 0.3) is 0 Å². The van der Waals surface area contributed by atoms with E-state index < -0.39 is 0 Å². The Balaban J connectivity index is 2.80. The van der Waals surface area contributed by atoms with Crippen LogP contribution in [0.4, 0.5) is 0 Å². The van der Waals surface area contributed by atoms with E-state index in [2.05, 4.69) is 13.8 Å². The molecule has 1 rings (SSSR count). The standard InChI is InChI=1S/C11H16N2/c1-9(2)13(3)11(12)10-7-5-4-6-8-10/h4-9,12H,1-3H3. The molecule has 2 nitrogen and oxygen atoms in total. The van der Waals surface area contributed by atoms with E-state index in [0.717, 1.165) is 5.56 Å². The molecule has 0 unspecified atom stereocenters. The minimum atomic E-state index is 0.368. The van der Waals surface area contributed by atoms with Gasteiger partial charge in [0, 0.05) is 18.7 Å². The van der Waals surface area contributed by atoms with Crippen molar-refractivity contribution in [2.45, 2.75) is 19.9 Å². The van der Waals surface area contributed by atoms with Gasteiger partial charge >= 0.3 is 0 Å². The van der Waals surface area contributed by atoms with Crippen LogP contribution in [0.25, 0.3) is 0 Å². The molecular weight excluding hydrogens is 160 g/mol. The van der Waals surface area contributed by atoms with Gasteiger partial charge in [0.1, 0.15) is 5.84 Å². The van der Waals surface area contributed by atoms with Crippen molar-refractivity contribution >= 4 is 5.84 Å². The predicted octanol–water partition coefficient (Wildman–Crippen LogP) is 2.35. The topological polar surface area (TPSA) is 27.1 Å². The van der Waals surface area contributed by atoms with Crippen molar-refractivity contribution in [3.63, 3.8) is 0 Å². The zero-order chi connectivity index (χ0) is 9.84. The highest BCUT2D eigenvalue weighted by molar-refractivity contribution is 5.96. The van der Waals surface area contributed by atoms with Crippen LogP contribution in [0.5, 0.6) is 0 Å². The minimum Gasteiger partial charge on any atom is -0.357 e. The second kappa shape index (κ2) is 4.08. The van der Waals surface area contributed by atoms with Crippen LogP contribution in [0.2, 0.25) is 0 Å². The highest BCUT2D eigenvalue weighted by Gasteiger charge is 2.08. The van der Waals surface area contributed by atoms with Gasteiger partial charge in [-0.15, -0.1) is 0 Å². The Morgan fingerprint density at radius 2 is 1.77 bits per heavy atom. The molecule has 0 aliphatic heterocycles. The lowest BCUT2D eigenvalue weighted by Crippen LogP contribution is -2.32. The Bertz CT molecular complexity index is 277. The average Bonchev–Trinajstić information content (AvgIpc) is 2.17. The Morgan fingerprint density at radius 1 is 1.23 bits per heavy atom. The number of hydrogen-bond donors (Lipinski definition) is 1. The van der Waals surface area contributed by atoms with Crippen molar-refractivity contribution in [1.29, 1.82) is 5.41 Å². The van der Waals surface area contributed by atoms with Crippen molar-refractivity contribution in [2.24, 2.45) is 0 Å². The number of nitrogens with one attached hydrogen (secondary N) is 1. The van der Waals surface area contributed by atoms with E-state index in [1.807, 2.05) is 42.3 Å². The van der Waals surface area contributed by atoms with Crippen LogP contribution in [0, 0.1) is 5.41 Å². The fraction of sp³-hybridized carbons (Fsp3) is 0.364. The van der Waals surface area contributed by atoms with Gasteiger partial charge in [-0.3, -0.25) is 5.41 Å². The fourth-order valence-electron chi connectivity index (χ4n) is 1.06. The third-order valence-corrected chi connectivity index (χ3v) is 2.17. The van der Waals surface area contributed by atoms with E-state index >= 15 is 0 Å². The smallest absolute Gasteiger partial charge is 0.128 e. The van der Waals surface area contributed by atoms with Crippen molar-refractivity contribution in [2.75, 3.05) is 7.05 Å². The molecule has 0 aromatic heterocycles. The maximum atomic E-state index is 7.89. The van der Waals surface area contributed by atoms with Gasteiger partial charge in [0.15, 0.2) is 0 Å². The molecule has 1 N–H and O–H groups in total. The van der Waals surface area contributed by atoms with Gasteiger partial charge in [-0.25, -0.2) is 0 Å². The second-order valence-electron chi connectivity index (χ2n) is 3.42. The predicted molar refractivity (Wildman–Crippen MR) is 56.2 cm³/mol. The number of amidine groups is 1. The first kappa shape index (κ1) is 9.78. The summed E-state index contributed by atoms with van der Waals surface area (Å²) in [6, 6.07) is 10.2. The van der Waals surface area contributed by atoms with Crippen LogP contribution in [0.1, 0.15) is 19.4 Å². The van der Waals surface area contributed by atoms with Crippen molar-refractivity contribution in [1.82, 2.24) is 4.90 Å². The largest absolute Gasteiger partial charge is 0.357 e. The molecule has 0 fully saturated rings. The Kier molecular flexibility index (Phi) is 3.07. The molecule has 0 heterocycles. The minimum absolute atomic E-state index is 0.368. The number of benzene rings is 1. The summed E-state index contributed by atoms with van der Waals surface area (Å²) in [6.07, 6.45) is 0. The van der Waals surface area contributed by atoms with Crippen LogP contribution in [0.3, 0.4) is 0 Å². The summed E-state index contributed by atoms with van der Waals surface area (Å²) in [5.41, 5.74) is 0.971. The molecule has 0 amide bonds. The van der Waals surface area contributed by atoms with E-state index in [1.165, 1.54) is 0 Å². The summed E-state index contributed by atoms with van der Waals surface area (Å²) < 4.78 is 0. The normalized spacial score (nSPS) is 10.2. The third kappa shape index (κ3) is 2.31. The molecule has 0 bridgehead atoms. The molecule has 1 aromatic carbocycles. The molecule has 1 aromatic rings. The van der Waals surface area contributed by atoms with Gasteiger partial charge in [-0.2, -0.15) is 0 Å². The zero-order valence-corrected chi connectivity index (χ0v) is 8.41. The summed E-state index contributed by atoms with van der Waals surface area (Å²) in [5.74, 6) is 0.579. The van der Waals surface area contributed by atoms with E-state index in [1.54, 1.807) is 0 Å². The van der Waals surface area contributed by atoms with Gasteiger partial charge in [0.2, 0.25) is 0 Å². The van der Waals surface area contributed by atoms with Crippen LogP contribution in [-0.2, 0) is 0 Å². The molecule has 70 valence electrons. The van der Waals surface area contributed by atoms with Gasteiger partial charge in [0.05, 0.1) is 0 Å². The molecule has 2 heteroatoms. The van der Waals surface area contributed by atoms with E-state index in [4.69, 9.17) is 5.41 Å². The molecule has 0 aliphatic rings. The highest BCUT2D eigenvalue weighted by Crippen LogP contribution is 2.05. The van der Waals surface area contributed by atoms with Crippen LogP contribution < -0.4 is 0 Å². The van der Waals surface area contributed by atoms with Gasteiger partial charge < -0.3 is 4.90 Å². The fourth-order valence-corrected chi connectivity index (χ4v) is 1.06. The third-order valence-electron chi connectivity index (χ3n) is 2.17. The summed E-state index contributed by atoms with van der Waals surface area (Å²) in [7, 11) is 1.94. The lowest BCUT2D eigenvalue weighted by atomic mass is 10.2. The van der Waals surface area contributed by atoms with E-state index in [0.29, 0.717) is 11.9 Å². The molecular formula is C11H16N2. The maximum Gasteiger partial charge on any atom is 0.128 e. The van der Waals surface area contributed by atoms with E-state index in [9.17, 15) is 0 Å².